The zero-order chi connectivity index (χ0) is 15.5. The number of ether oxygens (including phenoxy) is 2. The van der Waals surface area contributed by atoms with Crippen LogP contribution in [0, 0.1) is 0 Å². The third-order valence-corrected chi connectivity index (χ3v) is 3.38. The van der Waals surface area contributed by atoms with Gasteiger partial charge in [-0.05, 0) is 12.8 Å². The molecule has 1 rings (SSSR count). The van der Waals surface area contributed by atoms with Crippen molar-refractivity contribution in [2.75, 3.05) is 45.4 Å². The van der Waals surface area contributed by atoms with Gasteiger partial charge in [0.25, 0.3) is 0 Å². The lowest BCUT2D eigenvalue weighted by molar-refractivity contribution is 0.197. The minimum absolute atomic E-state index is 0.384. The van der Waals surface area contributed by atoms with Gasteiger partial charge in [-0.25, -0.2) is 0 Å². The third kappa shape index (κ3) is 5.99. The van der Waals surface area contributed by atoms with Crippen LogP contribution >= 0.6 is 0 Å². The van der Waals surface area contributed by atoms with E-state index in [-0.39, 0.29) is 0 Å². The van der Waals surface area contributed by atoms with Gasteiger partial charge in [0.05, 0.1) is 19.8 Å². The molecule has 0 saturated carbocycles. The Kier molecular flexibility index (Phi) is 8.96. The molecule has 7 heteroatoms. The average molecular weight is 300 g/mol. The fraction of sp³-hybridized carbons (Fsp3) is 0.857. The highest BCUT2D eigenvalue weighted by Crippen LogP contribution is 2.18. The Hall–Kier alpha value is -1.18. The summed E-state index contributed by atoms with van der Waals surface area (Å²) in [5.74, 6) is 0.592. The molecule has 0 spiro atoms. The number of hydrogen-bond acceptors (Lipinski definition) is 7. The van der Waals surface area contributed by atoms with Crippen LogP contribution in [0.1, 0.15) is 32.6 Å². The number of rotatable bonds is 12. The van der Waals surface area contributed by atoms with Crippen LogP contribution in [0.3, 0.4) is 0 Å². The second kappa shape index (κ2) is 10.5. The number of methoxy groups -OCH3 is 2. The maximum absolute atomic E-state index is 5.75. The van der Waals surface area contributed by atoms with Crippen LogP contribution in [-0.4, -0.2) is 56.8 Å². The molecule has 0 amide bonds. The first-order chi connectivity index (χ1) is 10.3. The Morgan fingerprint density at radius 2 is 1.86 bits per heavy atom. The molecule has 0 fully saturated rings. The zero-order valence-corrected chi connectivity index (χ0v) is 13.6. The Balaban J connectivity index is 2.63. The van der Waals surface area contributed by atoms with Gasteiger partial charge >= 0.3 is 6.01 Å². The van der Waals surface area contributed by atoms with Crippen LogP contribution in [0.5, 0.6) is 0 Å². The van der Waals surface area contributed by atoms with E-state index in [1.54, 1.807) is 14.2 Å². The summed E-state index contributed by atoms with van der Waals surface area (Å²) >= 11 is 0. The fourth-order valence-electron chi connectivity index (χ4n) is 2.16. The molecule has 1 aromatic rings. The van der Waals surface area contributed by atoms with Gasteiger partial charge in [-0.1, -0.05) is 18.9 Å². The number of nitrogens with zero attached hydrogens (tertiary/aromatic N) is 3. The van der Waals surface area contributed by atoms with Crippen molar-refractivity contribution in [3.8, 4) is 0 Å². The van der Waals surface area contributed by atoms with Crippen LogP contribution in [0.2, 0.25) is 0 Å². The van der Waals surface area contributed by atoms with E-state index >= 15 is 0 Å². The average Bonchev–Trinajstić information content (AvgIpc) is 2.96. The lowest BCUT2D eigenvalue weighted by Gasteiger charge is -2.28. The molecule has 0 atom stereocenters. The molecule has 21 heavy (non-hydrogen) atoms. The Morgan fingerprint density at radius 1 is 1.14 bits per heavy atom. The molecule has 0 unspecified atom stereocenters. The van der Waals surface area contributed by atoms with Gasteiger partial charge < -0.3 is 24.1 Å². The second-order valence-corrected chi connectivity index (χ2v) is 4.80. The molecule has 0 bridgehead atoms. The summed E-state index contributed by atoms with van der Waals surface area (Å²) in [7, 11) is 3.37. The van der Waals surface area contributed by atoms with Crippen molar-refractivity contribution < 1.29 is 13.9 Å². The molecule has 0 aliphatic heterocycles. The van der Waals surface area contributed by atoms with E-state index in [4.69, 9.17) is 13.9 Å². The molecule has 122 valence electrons. The number of hydrogen-bond donors (Lipinski definition) is 1. The Labute approximate surface area is 127 Å². The fourth-order valence-corrected chi connectivity index (χ4v) is 2.16. The van der Waals surface area contributed by atoms with Crippen molar-refractivity contribution in [3.63, 3.8) is 0 Å². The first-order valence-corrected chi connectivity index (χ1v) is 7.54. The van der Waals surface area contributed by atoms with Crippen LogP contribution in [0.4, 0.5) is 6.01 Å². The van der Waals surface area contributed by atoms with Crippen molar-refractivity contribution >= 4 is 6.01 Å². The quantitative estimate of drug-likeness (QED) is 0.586. The standard InChI is InChI=1S/C14H28N4O3/c1-5-12(6-2)18(8-10-20-4)14-17-16-13(21-14)11-15-7-9-19-3/h12,15H,5-11H2,1-4H3. The van der Waals surface area contributed by atoms with E-state index in [9.17, 15) is 0 Å². The zero-order valence-electron chi connectivity index (χ0n) is 13.6. The molecule has 0 aliphatic rings. The summed E-state index contributed by atoms with van der Waals surface area (Å²) < 4.78 is 15.9. The summed E-state index contributed by atoms with van der Waals surface area (Å²) in [5, 5.41) is 11.4. The van der Waals surface area contributed by atoms with Crippen molar-refractivity contribution in [1.82, 2.24) is 15.5 Å². The van der Waals surface area contributed by atoms with E-state index < -0.39 is 0 Å². The van der Waals surface area contributed by atoms with Crippen molar-refractivity contribution in [2.45, 2.75) is 39.3 Å². The lowest BCUT2D eigenvalue weighted by Crippen LogP contribution is -2.37. The number of nitrogens with one attached hydrogen (secondary N) is 1. The lowest BCUT2D eigenvalue weighted by atomic mass is 10.1. The van der Waals surface area contributed by atoms with Crippen LogP contribution < -0.4 is 10.2 Å². The number of aromatic nitrogens is 2. The van der Waals surface area contributed by atoms with Crippen LogP contribution in [0.15, 0.2) is 4.42 Å². The van der Waals surface area contributed by atoms with Crippen molar-refractivity contribution in [1.29, 1.82) is 0 Å². The normalized spacial score (nSPS) is 11.3. The monoisotopic (exact) mass is 300 g/mol. The maximum atomic E-state index is 5.75. The summed E-state index contributed by atoms with van der Waals surface area (Å²) in [6.07, 6.45) is 2.06. The van der Waals surface area contributed by atoms with Gasteiger partial charge in [-0.15, -0.1) is 5.10 Å². The Bertz CT molecular complexity index is 369. The highest BCUT2D eigenvalue weighted by Gasteiger charge is 2.21. The van der Waals surface area contributed by atoms with Crippen LogP contribution in [0.25, 0.3) is 0 Å². The van der Waals surface area contributed by atoms with E-state index in [0.717, 1.165) is 25.9 Å². The molecule has 0 radical (unpaired) electrons. The van der Waals surface area contributed by atoms with Crippen molar-refractivity contribution in [2.24, 2.45) is 0 Å². The molecule has 1 aromatic heterocycles. The summed E-state index contributed by atoms with van der Waals surface area (Å²) in [6.45, 7) is 7.69. The minimum atomic E-state index is 0.384. The minimum Gasteiger partial charge on any atom is -0.407 e. The molecular formula is C14H28N4O3. The molecule has 7 nitrogen and oxygen atoms in total. The van der Waals surface area contributed by atoms with Gasteiger partial charge in [0.2, 0.25) is 5.89 Å². The maximum Gasteiger partial charge on any atom is 0.318 e. The predicted octanol–water partition coefficient (Wildman–Crippen LogP) is 1.45. The van der Waals surface area contributed by atoms with Crippen LogP contribution in [-0.2, 0) is 16.0 Å². The summed E-state index contributed by atoms with van der Waals surface area (Å²) in [6, 6.07) is 0.958. The van der Waals surface area contributed by atoms with Crippen molar-refractivity contribution in [3.05, 3.63) is 5.89 Å². The first-order valence-electron chi connectivity index (χ1n) is 7.54. The second-order valence-electron chi connectivity index (χ2n) is 4.80. The summed E-state index contributed by atoms with van der Waals surface area (Å²) in [4.78, 5) is 2.13. The topological polar surface area (TPSA) is 72.7 Å². The van der Waals surface area contributed by atoms with E-state index in [2.05, 4.69) is 34.3 Å². The van der Waals surface area contributed by atoms with Gasteiger partial charge in [0, 0.05) is 33.4 Å². The first kappa shape index (κ1) is 17.9. The van der Waals surface area contributed by atoms with E-state index in [0.29, 0.717) is 37.7 Å². The molecule has 1 N–H and O–H groups in total. The molecular weight excluding hydrogens is 272 g/mol. The van der Waals surface area contributed by atoms with Gasteiger partial charge in [0.15, 0.2) is 0 Å². The predicted molar refractivity (Wildman–Crippen MR) is 81.5 cm³/mol. The highest BCUT2D eigenvalue weighted by molar-refractivity contribution is 5.26. The van der Waals surface area contributed by atoms with Gasteiger partial charge in [0.1, 0.15) is 0 Å². The molecule has 0 aliphatic carbocycles. The smallest absolute Gasteiger partial charge is 0.318 e. The van der Waals surface area contributed by atoms with E-state index in [1.807, 2.05) is 0 Å². The van der Waals surface area contributed by atoms with Gasteiger partial charge in [-0.2, -0.15) is 0 Å². The molecule has 1 heterocycles. The SMILES string of the molecule is CCC(CC)N(CCOC)c1nnc(CNCCOC)o1. The van der Waals surface area contributed by atoms with E-state index in [1.165, 1.54) is 0 Å². The van der Waals surface area contributed by atoms with Gasteiger partial charge in [-0.3, -0.25) is 0 Å². The largest absolute Gasteiger partial charge is 0.407 e. The molecule has 0 aromatic carbocycles. The Morgan fingerprint density at radius 3 is 2.48 bits per heavy atom. The molecule has 0 saturated heterocycles. The summed E-state index contributed by atoms with van der Waals surface area (Å²) in [5.41, 5.74) is 0. The third-order valence-electron chi connectivity index (χ3n) is 3.38. The highest BCUT2D eigenvalue weighted by atomic mass is 16.5. The number of anilines is 1.